The summed E-state index contributed by atoms with van der Waals surface area (Å²) in [5.74, 6) is 0. The van der Waals surface area contributed by atoms with Gasteiger partial charge in [-0.05, 0) is 6.92 Å². The second-order valence-electron chi connectivity index (χ2n) is 1.84. The van der Waals surface area contributed by atoms with E-state index in [-0.39, 0.29) is 0 Å². The van der Waals surface area contributed by atoms with Gasteiger partial charge in [-0.15, -0.1) is 11.8 Å². The minimum atomic E-state index is 0.546. The Morgan fingerprint density at radius 1 is 1.57 bits per heavy atom. The van der Waals surface area contributed by atoms with Gasteiger partial charge in [0.15, 0.2) is 0 Å². The first-order valence-corrected chi connectivity index (χ1v) is 3.42. The van der Waals surface area contributed by atoms with Gasteiger partial charge in [0, 0.05) is 5.25 Å². The van der Waals surface area contributed by atoms with E-state index in [4.69, 9.17) is 0 Å². The molecule has 1 heterocycles. The van der Waals surface area contributed by atoms with Gasteiger partial charge in [-0.1, -0.05) is 6.92 Å². The summed E-state index contributed by atoms with van der Waals surface area (Å²) in [6.45, 7) is 4.34. The third-order valence-corrected chi connectivity index (χ3v) is 2.32. The van der Waals surface area contributed by atoms with Crippen molar-refractivity contribution in [3.63, 3.8) is 0 Å². The highest BCUT2D eigenvalue weighted by molar-refractivity contribution is 8.12. The highest BCUT2D eigenvalue weighted by Crippen LogP contribution is 2.19. The van der Waals surface area contributed by atoms with E-state index in [2.05, 4.69) is 18.8 Å². The average molecular weight is 115 g/mol. The van der Waals surface area contributed by atoms with Crippen LogP contribution in [0.1, 0.15) is 13.8 Å². The van der Waals surface area contributed by atoms with Crippen molar-refractivity contribution in [2.75, 3.05) is 0 Å². The Kier molecular flexibility index (Phi) is 1.38. The molecular weight excluding hydrogens is 106 g/mol. The first-order valence-electron chi connectivity index (χ1n) is 2.48. The number of thioether (sulfide) groups is 1. The Labute approximate surface area is 48.2 Å². The zero-order valence-electron chi connectivity index (χ0n) is 4.59. The van der Waals surface area contributed by atoms with Crippen molar-refractivity contribution in [1.29, 1.82) is 0 Å². The molecular formula is C5H9NS. The number of hydrogen-bond acceptors (Lipinski definition) is 2. The van der Waals surface area contributed by atoms with Crippen molar-refractivity contribution in [3.8, 4) is 0 Å². The standard InChI is InChI=1S/C5H9NS/c1-4-5(2)7-3-6-4/h3-5H,1-2H3/t4-,5+/m0/s1. The maximum Gasteiger partial charge on any atom is 0.0597 e. The van der Waals surface area contributed by atoms with Gasteiger partial charge in [0.25, 0.3) is 0 Å². The molecule has 1 nitrogen and oxygen atoms in total. The lowest BCUT2D eigenvalue weighted by atomic mass is 10.3. The van der Waals surface area contributed by atoms with E-state index >= 15 is 0 Å². The number of nitrogens with zero attached hydrogens (tertiary/aromatic N) is 1. The van der Waals surface area contributed by atoms with E-state index in [1.807, 2.05) is 17.3 Å². The van der Waals surface area contributed by atoms with Crippen molar-refractivity contribution < 1.29 is 0 Å². The molecule has 0 fully saturated rings. The molecule has 0 aliphatic carbocycles. The molecule has 0 bridgehead atoms. The summed E-state index contributed by atoms with van der Waals surface area (Å²) in [5, 5.41) is 0.708. The van der Waals surface area contributed by atoms with Gasteiger partial charge in [0.2, 0.25) is 0 Å². The Morgan fingerprint density at radius 3 is 2.43 bits per heavy atom. The number of aliphatic imine (C=N–C) groups is 1. The van der Waals surface area contributed by atoms with Crippen molar-refractivity contribution in [1.82, 2.24) is 0 Å². The highest BCUT2D eigenvalue weighted by Gasteiger charge is 2.13. The van der Waals surface area contributed by atoms with Crippen molar-refractivity contribution >= 4 is 17.3 Å². The molecule has 0 spiro atoms. The zero-order chi connectivity index (χ0) is 5.28. The zero-order valence-corrected chi connectivity index (χ0v) is 5.40. The molecule has 0 radical (unpaired) electrons. The lowest BCUT2D eigenvalue weighted by Crippen LogP contribution is -2.06. The van der Waals surface area contributed by atoms with Crippen LogP contribution in [0.3, 0.4) is 0 Å². The average Bonchev–Trinajstić information content (AvgIpc) is 1.91. The van der Waals surface area contributed by atoms with Crippen molar-refractivity contribution in [2.24, 2.45) is 4.99 Å². The summed E-state index contributed by atoms with van der Waals surface area (Å²) in [7, 11) is 0. The lowest BCUT2D eigenvalue weighted by Gasteiger charge is -2.02. The molecule has 0 saturated carbocycles. The van der Waals surface area contributed by atoms with E-state index in [9.17, 15) is 0 Å². The normalized spacial score (nSPS) is 39.7. The van der Waals surface area contributed by atoms with Gasteiger partial charge >= 0.3 is 0 Å². The van der Waals surface area contributed by atoms with E-state index in [0.717, 1.165) is 0 Å². The first-order chi connectivity index (χ1) is 3.30. The molecule has 1 aliphatic rings. The van der Waals surface area contributed by atoms with Crippen LogP contribution >= 0.6 is 11.8 Å². The van der Waals surface area contributed by atoms with Crippen LogP contribution in [0.15, 0.2) is 4.99 Å². The molecule has 0 N–H and O–H groups in total. The van der Waals surface area contributed by atoms with Gasteiger partial charge in [0.05, 0.1) is 11.6 Å². The SMILES string of the molecule is C[C@@H]1N=CS[C@@H]1C. The van der Waals surface area contributed by atoms with Gasteiger partial charge in [0.1, 0.15) is 0 Å². The molecule has 0 aromatic rings. The molecule has 7 heavy (non-hydrogen) atoms. The Hall–Kier alpha value is 0.0200. The fourth-order valence-corrected chi connectivity index (χ4v) is 1.21. The van der Waals surface area contributed by atoms with Crippen LogP contribution in [0.5, 0.6) is 0 Å². The van der Waals surface area contributed by atoms with Gasteiger partial charge in [-0.2, -0.15) is 0 Å². The molecule has 2 heteroatoms. The smallest absolute Gasteiger partial charge is 0.0597 e. The monoisotopic (exact) mass is 115 g/mol. The first kappa shape index (κ1) is 5.16. The second kappa shape index (κ2) is 1.86. The molecule has 1 rings (SSSR count). The fraction of sp³-hybridized carbons (Fsp3) is 0.800. The van der Waals surface area contributed by atoms with E-state index in [0.29, 0.717) is 11.3 Å². The molecule has 0 amide bonds. The molecule has 0 saturated heterocycles. The fourth-order valence-electron chi connectivity index (χ4n) is 0.462. The largest absolute Gasteiger partial charge is 0.282 e. The van der Waals surface area contributed by atoms with E-state index in [1.54, 1.807) is 0 Å². The molecule has 0 unspecified atom stereocenters. The van der Waals surface area contributed by atoms with Crippen LogP contribution in [0.4, 0.5) is 0 Å². The van der Waals surface area contributed by atoms with Crippen molar-refractivity contribution in [3.05, 3.63) is 0 Å². The predicted octanol–water partition coefficient (Wildman–Crippen LogP) is 1.54. The summed E-state index contributed by atoms with van der Waals surface area (Å²) in [6, 6.07) is 0.546. The highest BCUT2D eigenvalue weighted by atomic mass is 32.2. The van der Waals surface area contributed by atoms with Gasteiger partial charge in [-0.25, -0.2) is 0 Å². The molecule has 40 valence electrons. The van der Waals surface area contributed by atoms with Crippen LogP contribution in [0, 0.1) is 0 Å². The Bertz CT molecular complexity index is 90.1. The van der Waals surface area contributed by atoms with Crippen LogP contribution in [0.25, 0.3) is 0 Å². The maximum atomic E-state index is 4.16. The molecule has 0 aromatic carbocycles. The van der Waals surface area contributed by atoms with Crippen LogP contribution in [-0.2, 0) is 0 Å². The summed E-state index contributed by atoms with van der Waals surface area (Å²) < 4.78 is 0. The van der Waals surface area contributed by atoms with Crippen molar-refractivity contribution in [2.45, 2.75) is 25.1 Å². The van der Waals surface area contributed by atoms with Gasteiger partial charge < -0.3 is 0 Å². The third-order valence-electron chi connectivity index (χ3n) is 1.25. The predicted molar refractivity (Wildman–Crippen MR) is 35.0 cm³/mol. The van der Waals surface area contributed by atoms with E-state index < -0.39 is 0 Å². The summed E-state index contributed by atoms with van der Waals surface area (Å²) in [4.78, 5) is 4.16. The van der Waals surface area contributed by atoms with Crippen LogP contribution in [-0.4, -0.2) is 16.8 Å². The lowest BCUT2D eigenvalue weighted by molar-refractivity contribution is 0.751. The number of hydrogen-bond donors (Lipinski definition) is 0. The van der Waals surface area contributed by atoms with Crippen LogP contribution < -0.4 is 0 Å². The summed E-state index contributed by atoms with van der Waals surface area (Å²) in [6.07, 6.45) is 0. The molecule has 0 aromatic heterocycles. The molecule has 2 atom stereocenters. The van der Waals surface area contributed by atoms with E-state index in [1.165, 1.54) is 0 Å². The topological polar surface area (TPSA) is 12.4 Å². The summed E-state index contributed by atoms with van der Waals surface area (Å²) in [5.41, 5.74) is 1.94. The van der Waals surface area contributed by atoms with Crippen LogP contribution in [0.2, 0.25) is 0 Å². The Balaban J connectivity index is 2.45. The quantitative estimate of drug-likeness (QED) is 0.466. The number of rotatable bonds is 0. The Morgan fingerprint density at radius 2 is 2.29 bits per heavy atom. The minimum Gasteiger partial charge on any atom is -0.282 e. The molecule has 1 aliphatic heterocycles. The second-order valence-corrected chi connectivity index (χ2v) is 3.06. The maximum absolute atomic E-state index is 4.16. The van der Waals surface area contributed by atoms with Gasteiger partial charge in [-0.3, -0.25) is 4.99 Å². The third kappa shape index (κ3) is 0.969. The minimum absolute atomic E-state index is 0.546. The summed E-state index contributed by atoms with van der Waals surface area (Å²) >= 11 is 1.81.